The predicted molar refractivity (Wildman–Crippen MR) is 77.9 cm³/mol. The molecule has 0 saturated carbocycles. The van der Waals surface area contributed by atoms with Gasteiger partial charge in [0.15, 0.2) is 0 Å². The second kappa shape index (κ2) is 6.10. The molecular weight excluding hydrogens is 272 g/mol. The van der Waals surface area contributed by atoms with Crippen LogP contribution in [0.3, 0.4) is 0 Å². The summed E-state index contributed by atoms with van der Waals surface area (Å²) in [5.74, 6) is -0.552. The molecule has 1 amide bonds. The predicted octanol–water partition coefficient (Wildman–Crippen LogP) is 2.26. The molecule has 21 heavy (non-hydrogen) atoms. The first-order chi connectivity index (χ1) is 9.99. The number of nitro benzene ring substituents is 1. The zero-order valence-electron chi connectivity index (χ0n) is 11.3. The van der Waals surface area contributed by atoms with Crippen molar-refractivity contribution in [2.24, 2.45) is 5.73 Å². The van der Waals surface area contributed by atoms with Crippen molar-refractivity contribution in [3.63, 3.8) is 0 Å². The molecule has 3 N–H and O–H groups in total. The van der Waals surface area contributed by atoms with E-state index in [2.05, 4.69) is 10.3 Å². The summed E-state index contributed by atoms with van der Waals surface area (Å²) < 4.78 is 0. The van der Waals surface area contributed by atoms with Gasteiger partial charge in [-0.05, 0) is 30.7 Å². The van der Waals surface area contributed by atoms with E-state index in [1.54, 1.807) is 25.1 Å². The van der Waals surface area contributed by atoms with Gasteiger partial charge in [-0.1, -0.05) is 6.07 Å². The van der Waals surface area contributed by atoms with Gasteiger partial charge in [0.1, 0.15) is 5.56 Å². The van der Waals surface area contributed by atoms with Crippen LogP contribution in [0.4, 0.5) is 11.4 Å². The van der Waals surface area contributed by atoms with Crippen LogP contribution in [0.25, 0.3) is 0 Å². The Morgan fingerprint density at radius 3 is 2.57 bits per heavy atom. The van der Waals surface area contributed by atoms with Gasteiger partial charge in [0, 0.05) is 30.2 Å². The zero-order valence-corrected chi connectivity index (χ0v) is 11.3. The molecule has 2 aromatic rings. The van der Waals surface area contributed by atoms with Crippen LogP contribution in [0, 0.1) is 10.1 Å². The SMILES string of the molecule is C[C@@H](N)c1ccc(C(=O)Nc2ccncc2)c([N+](=O)[O-])c1. The molecule has 0 aliphatic carbocycles. The molecule has 1 aromatic heterocycles. The number of nitro groups is 1. The standard InChI is InChI=1S/C14H14N4O3/c1-9(15)10-2-3-12(13(8-10)18(20)21)14(19)17-11-4-6-16-7-5-11/h2-9H,15H2,1H3,(H,16,17,19)/t9-/m1/s1. The molecule has 7 heteroatoms. The Kier molecular flexibility index (Phi) is 4.24. The summed E-state index contributed by atoms with van der Waals surface area (Å²) in [5, 5.41) is 13.7. The summed E-state index contributed by atoms with van der Waals surface area (Å²) in [5.41, 5.74) is 6.54. The molecular formula is C14H14N4O3. The van der Waals surface area contributed by atoms with Crippen molar-refractivity contribution in [3.8, 4) is 0 Å². The summed E-state index contributed by atoms with van der Waals surface area (Å²) in [4.78, 5) is 26.5. The van der Waals surface area contributed by atoms with Gasteiger partial charge in [0.2, 0.25) is 0 Å². The van der Waals surface area contributed by atoms with Crippen molar-refractivity contribution >= 4 is 17.3 Å². The Hall–Kier alpha value is -2.80. The summed E-state index contributed by atoms with van der Waals surface area (Å²) in [6, 6.07) is 7.19. The van der Waals surface area contributed by atoms with E-state index in [9.17, 15) is 14.9 Å². The first-order valence-electron chi connectivity index (χ1n) is 6.24. The third kappa shape index (κ3) is 3.40. The molecule has 0 radical (unpaired) electrons. The second-order valence-electron chi connectivity index (χ2n) is 4.51. The number of aromatic nitrogens is 1. The van der Waals surface area contributed by atoms with Gasteiger partial charge in [0.25, 0.3) is 11.6 Å². The van der Waals surface area contributed by atoms with E-state index in [4.69, 9.17) is 5.73 Å². The van der Waals surface area contributed by atoms with E-state index in [-0.39, 0.29) is 17.3 Å². The minimum Gasteiger partial charge on any atom is -0.324 e. The lowest BCUT2D eigenvalue weighted by Gasteiger charge is -2.09. The highest BCUT2D eigenvalue weighted by Crippen LogP contribution is 2.24. The second-order valence-corrected chi connectivity index (χ2v) is 4.51. The van der Waals surface area contributed by atoms with Crippen molar-refractivity contribution in [1.29, 1.82) is 0 Å². The maximum atomic E-state index is 12.2. The number of pyridine rings is 1. The molecule has 0 spiro atoms. The topological polar surface area (TPSA) is 111 Å². The molecule has 0 bridgehead atoms. The van der Waals surface area contributed by atoms with Crippen LogP contribution in [-0.2, 0) is 0 Å². The van der Waals surface area contributed by atoms with Gasteiger partial charge >= 0.3 is 0 Å². The summed E-state index contributed by atoms with van der Waals surface area (Å²) in [6.45, 7) is 1.72. The van der Waals surface area contributed by atoms with Crippen molar-refractivity contribution in [2.45, 2.75) is 13.0 Å². The van der Waals surface area contributed by atoms with Crippen molar-refractivity contribution in [1.82, 2.24) is 4.98 Å². The number of benzene rings is 1. The maximum absolute atomic E-state index is 12.2. The maximum Gasteiger partial charge on any atom is 0.282 e. The van der Waals surface area contributed by atoms with E-state index in [1.165, 1.54) is 24.5 Å². The lowest BCUT2D eigenvalue weighted by atomic mass is 10.0. The molecule has 1 heterocycles. The molecule has 1 aromatic carbocycles. The average Bonchev–Trinajstić information content (AvgIpc) is 2.47. The number of amides is 1. The van der Waals surface area contributed by atoms with Crippen LogP contribution in [-0.4, -0.2) is 15.8 Å². The summed E-state index contributed by atoms with van der Waals surface area (Å²) in [7, 11) is 0. The fraction of sp³-hybridized carbons (Fsp3) is 0.143. The number of nitrogens with two attached hydrogens (primary N) is 1. The summed E-state index contributed by atoms with van der Waals surface area (Å²) in [6.07, 6.45) is 3.03. The first-order valence-corrected chi connectivity index (χ1v) is 6.24. The number of hydrogen-bond donors (Lipinski definition) is 2. The highest BCUT2D eigenvalue weighted by molar-refractivity contribution is 6.07. The van der Waals surface area contributed by atoms with Crippen LogP contribution >= 0.6 is 0 Å². The van der Waals surface area contributed by atoms with E-state index < -0.39 is 10.8 Å². The van der Waals surface area contributed by atoms with Crippen LogP contribution in [0.15, 0.2) is 42.7 Å². The van der Waals surface area contributed by atoms with Gasteiger partial charge in [-0.25, -0.2) is 0 Å². The third-order valence-corrected chi connectivity index (χ3v) is 2.93. The lowest BCUT2D eigenvalue weighted by Crippen LogP contribution is -2.15. The quantitative estimate of drug-likeness (QED) is 0.661. The highest BCUT2D eigenvalue weighted by Gasteiger charge is 2.21. The number of hydrogen-bond acceptors (Lipinski definition) is 5. The van der Waals surface area contributed by atoms with Crippen LogP contribution < -0.4 is 11.1 Å². The molecule has 108 valence electrons. The minimum atomic E-state index is -0.590. The molecule has 0 aliphatic rings. The van der Waals surface area contributed by atoms with E-state index in [0.29, 0.717) is 11.3 Å². The van der Waals surface area contributed by atoms with Gasteiger partial charge < -0.3 is 11.1 Å². The number of anilines is 1. The third-order valence-electron chi connectivity index (χ3n) is 2.93. The molecule has 0 fully saturated rings. The van der Waals surface area contributed by atoms with Crippen molar-refractivity contribution < 1.29 is 9.72 Å². The van der Waals surface area contributed by atoms with E-state index in [0.717, 1.165) is 0 Å². The van der Waals surface area contributed by atoms with Crippen LogP contribution in [0.2, 0.25) is 0 Å². The van der Waals surface area contributed by atoms with Crippen LogP contribution in [0.1, 0.15) is 28.9 Å². The van der Waals surface area contributed by atoms with E-state index in [1.807, 2.05) is 0 Å². The number of nitrogens with one attached hydrogen (secondary N) is 1. The Morgan fingerprint density at radius 1 is 1.33 bits per heavy atom. The smallest absolute Gasteiger partial charge is 0.282 e. The fourth-order valence-electron chi connectivity index (χ4n) is 1.81. The molecule has 0 unspecified atom stereocenters. The Labute approximate surface area is 121 Å². The molecule has 7 nitrogen and oxygen atoms in total. The Bertz CT molecular complexity index is 671. The van der Waals surface area contributed by atoms with Crippen LogP contribution in [0.5, 0.6) is 0 Å². The average molecular weight is 286 g/mol. The number of rotatable bonds is 4. The monoisotopic (exact) mass is 286 g/mol. The largest absolute Gasteiger partial charge is 0.324 e. The lowest BCUT2D eigenvalue weighted by molar-refractivity contribution is -0.385. The van der Waals surface area contributed by atoms with Gasteiger partial charge in [-0.2, -0.15) is 0 Å². The molecule has 0 saturated heterocycles. The molecule has 0 aliphatic heterocycles. The highest BCUT2D eigenvalue weighted by atomic mass is 16.6. The minimum absolute atomic E-state index is 0.0128. The summed E-state index contributed by atoms with van der Waals surface area (Å²) >= 11 is 0. The Balaban J connectivity index is 2.34. The van der Waals surface area contributed by atoms with Crippen molar-refractivity contribution in [3.05, 3.63) is 64.0 Å². The first kappa shape index (κ1) is 14.6. The molecule has 1 atom stereocenters. The van der Waals surface area contributed by atoms with E-state index >= 15 is 0 Å². The fourth-order valence-corrected chi connectivity index (χ4v) is 1.81. The number of carbonyl (C=O) groups excluding carboxylic acids is 1. The number of carbonyl (C=O) groups is 1. The Morgan fingerprint density at radius 2 is 2.00 bits per heavy atom. The van der Waals surface area contributed by atoms with Gasteiger partial charge in [0.05, 0.1) is 4.92 Å². The van der Waals surface area contributed by atoms with Gasteiger partial charge in [-0.3, -0.25) is 19.9 Å². The number of nitrogens with zero attached hydrogens (tertiary/aromatic N) is 2. The normalized spacial score (nSPS) is 11.7. The zero-order chi connectivity index (χ0) is 15.4. The van der Waals surface area contributed by atoms with Gasteiger partial charge in [-0.15, -0.1) is 0 Å². The van der Waals surface area contributed by atoms with Crippen molar-refractivity contribution in [2.75, 3.05) is 5.32 Å². The molecule has 2 rings (SSSR count).